The van der Waals surface area contributed by atoms with Gasteiger partial charge in [0.25, 0.3) is 5.91 Å². The lowest BCUT2D eigenvalue weighted by Crippen LogP contribution is -2.57. The summed E-state index contributed by atoms with van der Waals surface area (Å²) in [5, 5.41) is 43.7. The number of anilines is 1. The quantitative estimate of drug-likeness (QED) is 0.386. The van der Waals surface area contributed by atoms with Gasteiger partial charge < -0.3 is 36.0 Å². The van der Waals surface area contributed by atoms with Crippen molar-refractivity contribution in [2.24, 2.45) is 17.6 Å². The number of fused-ring (bicyclic) bond motifs is 5. The van der Waals surface area contributed by atoms with E-state index in [1.165, 1.54) is 0 Å². The first-order chi connectivity index (χ1) is 16.4. The Morgan fingerprint density at radius 3 is 2.51 bits per heavy atom. The van der Waals surface area contributed by atoms with E-state index in [-0.39, 0.29) is 35.8 Å². The number of carbonyl (C=O) groups is 3. The van der Waals surface area contributed by atoms with Gasteiger partial charge >= 0.3 is 0 Å². The van der Waals surface area contributed by atoms with E-state index in [1.54, 1.807) is 6.07 Å². The summed E-state index contributed by atoms with van der Waals surface area (Å²) in [6, 6.07) is 1.64. The van der Waals surface area contributed by atoms with Gasteiger partial charge in [0, 0.05) is 43.2 Å². The maximum absolute atomic E-state index is 13.7. The van der Waals surface area contributed by atoms with Crippen molar-refractivity contribution in [3.63, 3.8) is 0 Å². The van der Waals surface area contributed by atoms with Crippen molar-refractivity contribution in [1.82, 2.24) is 4.90 Å². The van der Waals surface area contributed by atoms with Crippen molar-refractivity contribution in [2.75, 3.05) is 32.6 Å². The monoisotopic (exact) mass is 483 g/mol. The largest absolute Gasteiger partial charge is 0.511 e. The lowest BCUT2D eigenvalue weighted by Gasteiger charge is -2.46. The van der Waals surface area contributed by atoms with E-state index in [1.807, 2.05) is 21.1 Å². The number of aromatic hydroxyl groups is 1. The number of amides is 1. The fourth-order valence-electron chi connectivity index (χ4n) is 6.53. The minimum Gasteiger partial charge on any atom is -0.511 e. The zero-order valence-corrected chi connectivity index (χ0v) is 19.8. The second-order valence-electron chi connectivity index (χ2n) is 10.3. The van der Waals surface area contributed by atoms with Gasteiger partial charge in [0.2, 0.25) is 5.78 Å². The molecular formula is C25H29N3O7. The molecule has 0 bridgehead atoms. The fourth-order valence-corrected chi connectivity index (χ4v) is 6.53. The third-order valence-corrected chi connectivity index (χ3v) is 8.17. The Kier molecular flexibility index (Phi) is 5.05. The van der Waals surface area contributed by atoms with Gasteiger partial charge in [0.1, 0.15) is 22.8 Å². The molecule has 0 fully saturated rings. The zero-order chi connectivity index (χ0) is 25.6. The number of hydrogen-bond acceptors (Lipinski definition) is 9. The Bertz CT molecular complexity index is 1260. The maximum Gasteiger partial charge on any atom is 0.255 e. The van der Waals surface area contributed by atoms with Crippen LogP contribution in [0.2, 0.25) is 0 Å². The molecule has 0 spiro atoms. The summed E-state index contributed by atoms with van der Waals surface area (Å²) >= 11 is 0. The molecular weight excluding hydrogens is 454 g/mol. The van der Waals surface area contributed by atoms with Crippen LogP contribution in [-0.4, -0.2) is 76.1 Å². The standard InChI is InChI=1S/C25H29N3O7/c1-27(2)14-4-5-28(3)20-12(14)9-16(30)18-13(20)7-10-6-11-8-15(29)19(24(26)34)23(33)25(11,35)22(32)17(10)21(18)31/h9-11,14,29-30,32,35H,4-8H2,1-3H3,(H2,26,34)/t10?,11-,14?,25-/m0/s1. The summed E-state index contributed by atoms with van der Waals surface area (Å²) < 4.78 is 0. The number of aliphatic hydroxyl groups is 3. The van der Waals surface area contributed by atoms with Gasteiger partial charge in [-0.2, -0.15) is 0 Å². The van der Waals surface area contributed by atoms with Crippen molar-refractivity contribution < 1.29 is 34.8 Å². The number of primary amides is 1. The van der Waals surface area contributed by atoms with Crippen LogP contribution in [0.4, 0.5) is 5.69 Å². The van der Waals surface area contributed by atoms with E-state index in [0.29, 0.717) is 12.0 Å². The third kappa shape index (κ3) is 2.99. The number of allylic oxidation sites excluding steroid dienone is 2. The first kappa shape index (κ1) is 23.4. The van der Waals surface area contributed by atoms with Crippen molar-refractivity contribution in [3.05, 3.63) is 45.4 Å². The second-order valence-corrected chi connectivity index (χ2v) is 10.3. The van der Waals surface area contributed by atoms with E-state index in [4.69, 9.17) is 5.73 Å². The lowest BCUT2D eigenvalue weighted by molar-refractivity contribution is -0.144. The molecule has 1 aliphatic heterocycles. The summed E-state index contributed by atoms with van der Waals surface area (Å²) in [5.74, 6) is -6.16. The number of aliphatic hydroxyl groups excluding tert-OH is 2. The van der Waals surface area contributed by atoms with E-state index in [0.717, 1.165) is 24.2 Å². The Labute approximate surface area is 201 Å². The molecule has 0 saturated heterocycles. The minimum absolute atomic E-state index is 0.0478. The van der Waals surface area contributed by atoms with Crippen LogP contribution in [0, 0.1) is 11.8 Å². The minimum atomic E-state index is -2.55. The van der Waals surface area contributed by atoms with E-state index < -0.39 is 52.0 Å². The Balaban J connectivity index is 1.69. The lowest BCUT2D eigenvalue weighted by atomic mass is 9.60. The Hall–Kier alpha value is -3.37. The highest BCUT2D eigenvalue weighted by molar-refractivity contribution is 6.24. The molecule has 10 nitrogen and oxygen atoms in total. The number of benzene rings is 1. The summed E-state index contributed by atoms with van der Waals surface area (Å²) in [6.07, 6.45) is 1.03. The van der Waals surface area contributed by atoms with Crippen molar-refractivity contribution in [2.45, 2.75) is 37.3 Å². The van der Waals surface area contributed by atoms with Gasteiger partial charge in [-0.25, -0.2) is 0 Å². The molecule has 186 valence electrons. The molecule has 4 aliphatic rings. The summed E-state index contributed by atoms with van der Waals surface area (Å²) in [7, 11) is 5.86. The molecule has 6 N–H and O–H groups in total. The number of phenols is 1. The second kappa shape index (κ2) is 7.56. The first-order valence-electron chi connectivity index (χ1n) is 11.6. The van der Waals surface area contributed by atoms with Crippen LogP contribution in [0.5, 0.6) is 5.75 Å². The summed E-state index contributed by atoms with van der Waals surface area (Å²) in [5.41, 5.74) is 4.27. The van der Waals surface area contributed by atoms with Crippen LogP contribution in [-0.2, 0) is 16.0 Å². The number of carbonyl (C=O) groups excluding carboxylic acids is 3. The highest BCUT2D eigenvalue weighted by Crippen LogP contribution is 2.54. The zero-order valence-electron chi connectivity index (χ0n) is 19.8. The Morgan fingerprint density at radius 2 is 1.89 bits per heavy atom. The van der Waals surface area contributed by atoms with Gasteiger partial charge in [-0.1, -0.05) is 0 Å². The molecule has 0 aromatic heterocycles. The number of ketones is 2. The van der Waals surface area contributed by atoms with Gasteiger partial charge in [0.15, 0.2) is 11.4 Å². The first-order valence-corrected chi connectivity index (χ1v) is 11.6. The molecule has 3 aliphatic carbocycles. The fraction of sp³-hybridized carbons (Fsp3) is 0.480. The van der Waals surface area contributed by atoms with E-state index >= 15 is 0 Å². The van der Waals surface area contributed by atoms with Crippen molar-refractivity contribution in [1.29, 1.82) is 0 Å². The molecule has 35 heavy (non-hydrogen) atoms. The summed E-state index contributed by atoms with van der Waals surface area (Å²) in [6.45, 7) is 0.755. The molecule has 1 heterocycles. The number of hydrogen-bond donors (Lipinski definition) is 5. The maximum atomic E-state index is 13.7. The molecule has 1 aromatic rings. The van der Waals surface area contributed by atoms with Crippen molar-refractivity contribution in [3.8, 4) is 5.75 Å². The van der Waals surface area contributed by atoms with Gasteiger partial charge in [0.05, 0.1) is 5.56 Å². The Morgan fingerprint density at radius 1 is 1.20 bits per heavy atom. The van der Waals surface area contributed by atoms with Crippen LogP contribution in [0.25, 0.3) is 0 Å². The predicted molar refractivity (Wildman–Crippen MR) is 125 cm³/mol. The van der Waals surface area contributed by atoms with E-state index in [9.17, 15) is 34.8 Å². The molecule has 0 saturated carbocycles. The van der Waals surface area contributed by atoms with Gasteiger partial charge in [-0.05, 0) is 56.5 Å². The average Bonchev–Trinajstić information content (AvgIpc) is 2.75. The molecule has 1 aromatic carbocycles. The average molecular weight is 484 g/mol. The number of phenolic OH excluding ortho intramolecular Hbond substituents is 1. The number of nitrogens with zero attached hydrogens (tertiary/aromatic N) is 2. The predicted octanol–water partition coefficient (Wildman–Crippen LogP) is 1.02. The topological polar surface area (TPSA) is 165 Å². The molecule has 1 amide bonds. The molecule has 10 heteroatoms. The number of nitrogens with two attached hydrogens (primary N) is 1. The van der Waals surface area contributed by atoms with Crippen molar-refractivity contribution >= 4 is 23.2 Å². The molecule has 0 radical (unpaired) electrons. The molecule has 2 unspecified atom stereocenters. The highest BCUT2D eigenvalue weighted by Gasteiger charge is 2.59. The SMILES string of the molecule is CN1CCC(N(C)C)c2cc(O)c3c(c21)CC1C[C@H]2CC(O)=C(C(N)=O)C(=O)[C@@]2(O)C(O)=C1C3=O. The highest BCUT2D eigenvalue weighted by atomic mass is 16.3. The third-order valence-electron chi connectivity index (χ3n) is 8.17. The number of rotatable bonds is 2. The van der Waals surface area contributed by atoms with Crippen LogP contribution in [0.15, 0.2) is 28.7 Å². The van der Waals surface area contributed by atoms with Gasteiger partial charge in [-0.3, -0.25) is 14.4 Å². The normalized spacial score (nSPS) is 30.2. The van der Waals surface area contributed by atoms with Crippen LogP contribution in [0.1, 0.15) is 46.8 Å². The van der Waals surface area contributed by atoms with Crippen LogP contribution >= 0.6 is 0 Å². The smallest absolute Gasteiger partial charge is 0.255 e. The van der Waals surface area contributed by atoms with E-state index in [2.05, 4.69) is 9.80 Å². The van der Waals surface area contributed by atoms with Gasteiger partial charge in [-0.15, -0.1) is 0 Å². The number of Topliss-reactive ketones (excluding diaryl/α,β-unsaturated/α-hetero) is 2. The van der Waals surface area contributed by atoms with Crippen LogP contribution < -0.4 is 10.6 Å². The molecule has 5 rings (SSSR count). The molecule has 4 atom stereocenters. The van der Waals surface area contributed by atoms with Crippen LogP contribution in [0.3, 0.4) is 0 Å². The summed E-state index contributed by atoms with van der Waals surface area (Å²) in [4.78, 5) is 42.6.